The molecular formula is C15H16N2O. The summed E-state index contributed by atoms with van der Waals surface area (Å²) in [5, 5.41) is 0.981. The Hall–Kier alpha value is -1.74. The second-order valence-electron chi connectivity index (χ2n) is 5.30. The van der Waals surface area contributed by atoms with Crippen molar-refractivity contribution in [2.45, 2.75) is 25.3 Å². The molecule has 3 heteroatoms. The molecule has 1 saturated carbocycles. The molecule has 1 aromatic heterocycles. The van der Waals surface area contributed by atoms with E-state index in [0.29, 0.717) is 11.5 Å². The van der Waals surface area contributed by atoms with Crippen LogP contribution in [0.2, 0.25) is 0 Å². The summed E-state index contributed by atoms with van der Waals surface area (Å²) in [5.74, 6) is 0.333. The molecule has 3 rings (SSSR count). The van der Waals surface area contributed by atoms with E-state index in [1.54, 1.807) is 6.20 Å². The zero-order valence-corrected chi connectivity index (χ0v) is 10.4. The Balaban J connectivity index is 2.01. The average molecular weight is 240 g/mol. The molecule has 1 aliphatic carbocycles. The molecule has 0 amide bonds. The average Bonchev–Trinajstić information content (AvgIpc) is 3.22. The Labute approximate surface area is 106 Å². The summed E-state index contributed by atoms with van der Waals surface area (Å²) in [5.41, 5.74) is 6.94. The van der Waals surface area contributed by atoms with Crippen LogP contribution in [0.1, 0.15) is 30.1 Å². The minimum Gasteiger partial charge on any atom is -0.319 e. The highest BCUT2D eigenvalue weighted by Crippen LogP contribution is 2.39. The summed E-state index contributed by atoms with van der Waals surface area (Å²) >= 11 is 0. The van der Waals surface area contributed by atoms with Crippen molar-refractivity contribution in [2.24, 2.45) is 11.7 Å². The van der Waals surface area contributed by atoms with Gasteiger partial charge in [-0.1, -0.05) is 18.2 Å². The van der Waals surface area contributed by atoms with Crippen LogP contribution in [0.4, 0.5) is 0 Å². The normalized spacial score (nSPS) is 18.6. The number of pyridine rings is 1. The minimum atomic E-state index is -0.746. The standard InChI is InChI=1S/C15H16N2O/c1-15(16,12-6-7-12)14(18)11-8-10-4-2-3-5-13(10)17-9-11/h2-5,8-9,12H,6-7,16H2,1H3. The van der Waals surface area contributed by atoms with Gasteiger partial charge in [0.25, 0.3) is 0 Å². The van der Waals surface area contributed by atoms with Crippen LogP contribution in [0.25, 0.3) is 10.9 Å². The molecule has 0 radical (unpaired) electrons. The van der Waals surface area contributed by atoms with Crippen molar-refractivity contribution in [1.82, 2.24) is 4.98 Å². The van der Waals surface area contributed by atoms with Gasteiger partial charge in [-0.25, -0.2) is 0 Å². The smallest absolute Gasteiger partial charge is 0.184 e. The van der Waals surface area contributed by atoms with Gasteiger partial charge in [0.05, 0.1) is 11.1 Å². The second-order valence-corrected chi connectivity index (χ2v) is 5.30. The monoisotopic (exact) mass is 240 g/mol. The van der Waals surface area contributed by atoms with Crippen LogP contribution in [-0.2, 0) is 0 Å². The number of nitrogens with two attached hydrogens (primary N) is 1. The first-order valence-electron chi connectivity index (χ1n) is 6.27. The number of carbonyl (C=O) groups excluding carboxylic acids is 1. The predicted octanol–water partition coefficient (Wildman–Crippen LogP) is 2.54. The third-order valence-electron chi connectivity index (χ3n) is 3.77. The van der Waals surface area contributed by atoms with Gasteiger partial charge in [-0.15, -0.1) is 0 Å². The fourth-order valence-corrected chi connectivity index (χ4v) is 2.37. The van der Waals surface area contributed by atoms with Crippen molar-refractivity contribution in [3.05, 3.63) is 42.1 Å². The maximum atomic E-state index is 12.4. The first kappa shape index (κ1) is 11.4. The number of Topliss-reactive ketones (excluding diaryl/α,β-unsaturated/α-hetero) is 1. The first-order valence-corrected chi connectivity index (χ1v) is 6.27. The first-order chi connectivity index (χ1) is 8.59. The molecule has 2 aromatic rings. The van der Waals surface area contributed by atoms with Crippen molar-refractivity contribution in [3.8, 4) is 0 Å². The zero-order chi connectivity index (χ0) is 12.8. The van der Waals surface area contributed by atoms with Gasteiger partial charge in [-0.2, -0.15) is 0 Å². The largest absolute Gasteiger partial charge is 0.319 e. The quantitative estimate of drug-likeness (QED) is 0.839. The summed E-state index contributed by atoms with van der Waals surface area (Å²) < 4.78 is 0. The molecule has 18 heavy (non-hydrogen) atoms. The summed E-state index contributed by atoms with van der Waals surface area (Å²) in [6.07, 6.45) is 3.75. The van der Waals surface area contributed by atoms with Crippen LogP contribution >= 0.6 is 0 Å². The van der Waals surface area contributed by atoms with Crippen LogP contribution in [0.15, 0.2) is 36.5 Å². The number of fused-ring (bicyclic) bond motifs is 1. The lowest BCUT2D eigenvalue weighted by Crippen LogP contribution is -2.47. The fourth-order valence-electron chi connectivity index (χ4n) is 2.37. The lowest BCUT2D eigenvalue weighted by molar-refractivity contribution is 0.0883. The Morgan fingerprint density at radius 1 is 1.39 bits per heavy atom. The van der Waals surface area contributed by atoms with Crippen molar-refractivity contribution in [2.75, 3.05) is 0 Å². The Morgan fingerprint density at radius 3 is 2.83 bits per heavy atom. The van der Waals surface area contributed by atoms with Crippen molar-refractivity contribution in [1.29, 1.82) is 0 Å². The molecule has 0 aliphatic heterocycles. The van der Waals surface area contributed by atoms with Gasteiger partial charge >= 0.3 is 0 Å². The lowest BCUT2D eigenvalue weighted by atomic mass is 9.88. The maximum absolute atomic E-state index is 12.4. The van der Waals surface area contributed by atoms with E-state index in [4.69, 9.17) is 5.73 Å². The van der Waals surface area contributed by atoms with Gasteiger partial charge in [0, 0.05) is 17.1 Å². The Bertz CT molecular complexity index is 615. The number of para-hydroxylation sites is 1. The summed E-state index contributed by atoms with van der Waals surface area (Å²) in [4.78, 5) is 16.7. The molecular weight excluding hydrogens is 224 g/mol. The maximum Gasteiger partial charge on any atom is 0.184 e. The number of nitrogens with zero attached hydrogens (tertiary/aromatic N) is 1. The lowest BCUT2D eigenvalue weighted by Gasteiger charge is -2.22. The van der Waals surface area contributed by atoms with Crippen molar-refractivity contribution >= 4 is 16.7 Å². The molecule has 0 bridgehead atoms. The van der Waals surface area contributed by atoms with Crippen LogP contribution in [0.3, 0.4) is 0 Å². The van der Waals surface area contributed by atoms with E-state index < -0.39 is 5.54 Å². The van der Waals surface area contributed by atoms with E-state index in [1.165, 1.54) is 0 Å². The van der Waals surface area contributed by atoms with Crippen LogP contribution in [0, 0.1) is 5.92 Å². The summed E-state index contributed by atoms with van der Waals surface area (Å²) in [6, 6.07) is 9.67. The van der Waals surface area contributed by atoms with Crippen molar-refractivity contribution in [3.63, 3.8) is 0 Å². The van der Waals surface area contributed by atoms with Gasteiger partial charge in [0.2, 0.25) is 0 Å². The Morgan fingerprint density at radius 2 is 2.11 bits per heavy atom. The van der Waals surface area contributed by atoms with Gasteiger partial charge < -0.3 is 5.73 Å². The SMILES string of the molecule is CC(N)(C(=O)c1cnc2ccccc2c1)C1CC1. The van der Waals surface area contributed by atoms with Gasteiger partial charge in [0.1, 0.15) is 0 Å². The van der Waals surface area contributed by atoms with Crippen LogP contribution < -0.4 is 5.73 Å². The van der Waals surface area contributed by atoms with Crippen molar-refractivity contribution < 1.29 is 4.79 Å². The van der Waals surface area contributed by atoms with E-state index in [1.807, 2.05) is 37.3 Å². The summed E-state index contributed by atoms with van der Waals surface area (Å²) in [6.45, 7) is 1.84. The molecule has 0 spiro atoms. The van der Waals surface area contributed by atoms with E-state index in [0.717, 1.165) is 23.7 Å². The highest BCUT2D eigenvalue weighted by molar-refractivity contribution is 6.04. The molecule has 1 fully saturated rings. The summed E-state index contributed by atoms with van der Waals surface area (Å²) in [7, 11) is 0. The van der Waals surface area contributed by atoms with E-state index in [-0.39, 0.29) is 5.78 Å². The number of carbonyl (C=O) groups is 1. The predicted molar refractivity (Wildman–Crippen MR) is 71.4 cm³/mol. The van der Waals surface area contributed by atoms with Gasteiger partial charge in [0.15, 0.2) is 5.78 Å². The number of benzene rings is 1. The highest BCUT2D eigenvalue weighted by Gasteiger charge is 2.44. The highest BCUT2D eigenvalue weighted by atomic mass is 16.1. The molecule has 1 atom stereocenters. The fraction of sp³-hybridized carbons (Fsp3) is 0.333. The Kier molecular flexibility index (Phi) is 2.45. The molecule has 1 aromatic carbocycles. The van der Waals surface area contributed by atoms with E-state index in [2.05, 4.69) is 4.98 Å². The number of rotatable bonds is 3. The minimum absolute atomic E-state index is 0.00301. The van der Waals surface area contributed by atoms with E-state index >= 15 is 0 Å². The molecule has 1 aliphatic rings. The second kappa shape index (κ2) is 3.89. The van der Waals surface area contributed by atoms with Gasteiger partial charge in [-0.05, 0) is 37.8 Å². The molecule has 2 N–H and O–H groups in total. The zero-order valence-electron chi connectivity index (χ0n) is 10.4. The topological polar surface area (TPSA) is 56.0 Å². The molecule has 1 unspecified atom stereocenters. The number of ketones is 1. The van der Waals surface area contributed by atoms with E-state index in [9.17, 15) is 4.79 Å². The number of hydrogen-bond donors (Lipinski definition) is 1. The number of hydrogen-bond acceptors (Lipinski definition) is 3. The third kappa shape index (κ3) is 1.81. The van der Waals surface area contributed by atoms with Crippen LogP contribution in [-0.4, -0.2) is 16.3 Å². The number of aromatic nitrogens is 1. The molecule has 1 heterocycles. The molecule has 92 valence electrons. The van der Waals surface area contributed by atoms with Crippen LogP contribution in [0.5, 0.6) is 0 Å². The third-order valence-corrected chi connectivity index (χ3v) is 3.77. The van der Waals surface area contributed by atoms with Gasteiger partial charge in [-0.3, -0.25) is 9.78 Å². The molecule has 3 nitrogen and oxygen atoms in total. The molecule has 0 saturated heterocycles.